The largest absolute Gasteiger partial charge is 0.495 e. The van der Waals surface area contributed by atoms with E-state index in [4.69, 9.17) is 9.47 Å². The van der Waals surface area contributed by atoms with Crippen molar-refractivity contribution in [2.24, 2.45) is 5.92 Å². The van der Waals surface area contributed by atoms with E-state index in [1.807, 2.05) is 48.2 Å². The zero-order valence-electron chi connectivity index (χ0n) is 20.2. The lowest BCUT2D eigenvalue weighted by atomic mass is 9.96. The third kappa shape index (κ3) is 5.70. The first-order valence-electron chi connectivity index (χ1n) is 12.2. The van der Waals surface area contributed by atoms with Crippen LogP contribution in [0.25, 0.3) is 0 Å². The Labute approximate surface area is 202 Å². The summed E-state index contributed by atoms with van der Waals surface area (Å²) in [6.07, 6.45) is 1.33. The molecule has 2 aromatic carbocycles. The number of ether oxygens (including phenoxy) is 2. The van der Waals surface area contributed by atoms with Gasteiger partial charge in [0.1, 0.15) is 5.75 Å². The van der Waals surface area contributed by atoms with Crippen molar-refractivity contribution in [3.05, 3.63) is 59.7 Å². The van der Waals surface area contributed by atoms with Crippen LogP contribution in [0.15, 0.2) is 48.5 Å². The molecule has 0 bridgehead atoms. The topological polar surface area (TPSA) is 62.3 Å². The number of piperidine rings is 1. The van der Waals surface area contributed by atoms with Crippen LogP contribution in [0.2, 0.25) is 0 Å². The van der Waals surface area contributed by atoms with Gasteiger partial charge in [-0.3, -0.25) is 14.5 Å². The van der Waals surface area contributed by atoms with Crippen LogP contribution >= 0.6 is 0 Å². The van der Waals surface area contributed by atoms with Crippen LogP contribution in [0.1, 0.15) is 35.7 Å². The van der Waals surface area contributed by atoms with E-state index in [-0.39, 0.29) is 17.8 Å². The van der Waals surface area contributed by atoms with Gasteiger partial charge in [0.2, 0.25) is 0 Å². The number of carbonyl (C=O) groups is 2. The monoisotopic (exact) mass is 465 g/mol. The van der Waals surface area contributed by atoms with Crippen molar-refractivity contribution in [2.45, 2.75) is 26.3 Å². The quantitative estimate of drug-likeness (QED) is 0.584. The number of anilines is 1. The lowest BCUT2D eigenvalue weighted by Crippen LogP contribution is -2.46. The van der Waals surface area contributed by atoms with Crippen molar-refractivity contribution in [1.82, 2.24) is 9.80 Å². The predicted molar refractivity (Wildman–Crippen MR) is 132 cm³/mol. The number of hydrogen-bond donors (Lipinski definition) is 0. The van der Waals surface area contributed by atoms with E-state index in [1.165, 1.54) is 0 Å². The first-order valence-corrected chi connectivity index (χ1v) is 12.2. The molecular formula is C27H35N3O4. The Morgan fingerprint density at radius 2 is 1.68 bits per heavy atom. The number of likely N-dealkylation sites (tertiary alicyclic amines) is 1. The molecular weight excluding hydrogens is 430 g/mol. The second kappa shape index (κ2) is 11.4. The van der Waals surface area contributed by atoms with Crippen molar-refractivity contribution in [3.8, 4) is 5.75 Å². The zero-order chi connectivity index (χ0) is 23.9. The summed E-state index contributed by atoms with van der Waals surface area (Å²) in [7, 11) is 1.71. The summed E-state index contributed by atoms with van der Waals surface area (Å²) in [5.74, 6) is 0.728. The summed E-state index contributed by atoms with van der Waals surface area (Å²) in [5, 5.41) is 0. The molecule has 2 aliphatic heterocycles. The fourth-order valence-corrected chi connectivity index (χ4v) is 4.86. The molecule has 0 aliphatic carbocycles. The van der Waals surface area contributed by atoms with Gasteiger partial charge in [-0.15, -0.1) is 0 Å². The molecule has 0 N–H and O–H groups in total. The first-order chi connectivity index (χ1) is 16.6. The highest BCUT2D eigenvalue weighted by atomic mass is 16.5. The minimum atomic E-state index is -0.137. The van der Waals surface area contributed by atoms with Crippen molar-refractivity contribution in [2.75, 3.05) is 57.9 Å². The summed E-state index contributed by atoms with van der Waals surface area (Å²) in [5.41, 5.74) is 3.02. The Morgan fingerprint density at radius 3 is 2.38 bits per heavy atom. The van der Waals surface area contributed by atoms with Crippen LogP contribution in [0.4, 0.5) is 5.69 Å². The molecule has 0 radical (unpaired) electrons. The number of esters is 1. The number of hydrogen-bond acceptors (Lipinski definition) is 6. The number of para-hydroxylation sites is 2. The fraction of sp³-hybridized carbons (Fsp3) is 0.481. The zero-order valence-corrected chi connectivity index (χ0v) is 20.2. The number of nitrogens with zero attached hydrogens (tertiary/aromatic N) is 3. The van der Waals surface area contributed by atoms with Gasteiger partial charge < -0.3 is 19.3 Å². The van der Waals surface area contributed by atoms with Gasteiger partial charge in [-0.25, -0.2) is 0 Å². The Hall–Kier alpha value is -3.06. The third-order valence-corrected chi connectivity index (χ3v) is 6.78. The van der Waals surface area contributed by atoms with Crippen LogP contribution < -0.4 is 9.64 Å². The summed E-state index contributed by atoms with van der Waals surface area (Å²) in [6.45, 7) is 8.03. The second-order valence-electron chi connectivity index (χ2n) is 8.95. The minimum Gasteiger partial charge on any atom is -0.495 e. The molecule has 2 aliphatic rings. The molecule has 2 heterocycles. The number of piperazine rings is 1. The molecule has 0 aromatic heterocycles. The van der Waals surface area contributed by atoms with Crippen molar-refractivity contribution < 1.29 is 19.1 Å². The SMILES string of the molecule is CCOC(=O)C1CCN(C(=O)c2cccc(CN3CCN(c4ccccc4OC)CC3)c2)CC1. The van der Waals surface area contributed by atoms with E-state index in [1.54, 1.807) is 7.11 Å². The lowest BCUT2D eigenvalue weighted by molar-refractivity contribution is -0.149. The summed E-state index contributed by atoms with van der Waals surface area (Å²) in [6, 6.07) is 16.1. The maximum atomic E-state index is 13.1. The van der Waals surface area contributed by atoms with E-state index < -0.39 is 0 Å². The average Bonchev–Trinajstić information content (AvgIpc) is 2.89. The predicted octanol–water partition coefficient (Wildman–Crippen LogP) is 3.43. The smallest absolute Gasteiger partial charge is 0.309 e. The molecule has 1 amide bonds. The number of methoxy groups -OCH3 is 1. The molecule has 182 valence electrons. The highest BCUT2D eigenvalue weighted by molar-refractivity contribution is 5.94. The van der Waals surface area contributed by atoms with E-state index in [0.717, 1.165) is 55.3 Å². The van der Waals surface area contributed by atoms with Crippen LogP contribution in [-0.2, 0) is 16.1 Å². The Bertz CT molecular complexity index is 979. The molecule has 0 spiro atoms. The van der Waals surface area contributed by atoms with E-state index >= 15 is 0 Å². The molecule has 2 saturated heterocycles. The molecule has 2 fully saturated rings. The van der Waals surface area contributed by atoms with Gasteiger partial charge in [0.25, 0.3) is 5.91 Å². The standard InChI is InChI=1S/C27H35N3O4/c1-3-34-27(32)22-11-13-30(14-12-22)26(31)23-8-6-7-21(19-23)20-28-15-17-29(18-16-28)24-9-4-5-10-25(24)33-2/h4-10,19,22H,3,11-18,20H2,1-2H3. The highest BCUT2D eigenvalue weighted by Gasteiger charge is 2.29. The molecule has 4 rings (SSSR count). The molecule has 2 aromatic rings. The molecule has 34 heavy (non-hydrogen) atoms. The Morgan fingerprint density at radius 1 is 0.941 bits per heavy atom. The van der Waals surface area contributed by atoms with E-state index in [9.17, 15) is 9.59 Å². The van der Waals surface area contributed by atoms with Crippen LogP contribution in [-0.4, -0.2) is 74.7 Å². The van der Waals surface area contributed by atoms with Gasteiger partial charge in [-0.2, -0.15) is 0 Å². The second-order valence-corrected chi connectivity index (χ2v) is 8.95. The van der Waals surface area contributed by atoms with Crippen molar-refractivity contribution in [3.63, 3.8) is 0 Å². The summed E-state index contributed by atoms with van der Waals surface area (Å²) in [4.78, 5) is 31.7. The van der Waals surface area contributed by atoms with Crippen LogP contribution in [0.3, 0.4) is 0 Å². The Kier molecular flexibility index (Phi) is 8.06. The summed E-state index contributed by atoms with van der Waals surface area (Å²) >= 11 is 0. The minimum absolute atomic E-state index is 0.0464. The van der Waals surface area contributed by atoms with Gasteiger partial charge in [0, 0.05) is 51.4 Å². The maximum absolute atomic E-state index is 13.1. The first kappa shape index (κ1) is 24.1. The lowest BCUT2D eigenvalue weighted by Gasteiger charge is -2.36. The number of benzene rings is 2. The number of carbonyl (C=O) groups excluding carboxylic acids is 2. The molecule has 0 unspecified atom stereocenters. The highest BCUT2D eigenvalue weighted by Crippen LogP contribution is 2.28. The van der Waals surface area contributed by atoms with Crippen molar-refractivity contribution in [1.29, 1.82) is 0 Å². The van der Waals surface area contributed by atoms with Gasteiger partial charge in [0.15, 0.2) is 0 Å². The van der Waals surface area contributed by atoms with Crippen LogP contribution in [0.5, 0.6) is 5.75 Å². The maximum Gasteiger partial charge on any atom is 0.309 e. The Balaban J connectivity index is 1.30. The number of amides is 1. The van der Waals surface area contributed by atoms with Gasteiger partial charge in [-0.05, 0) is 49.6 Å². The molecule has 0 atom stereocenters. The average molecular weight is 466 g/mol. The van der Waals surface area contributed by atoms with Crippen molar-refractivity contribution >= 4 is 17.6 Å². The number of rotatable bonds is 7. The van der Waals surface area contributed by atoms with Gasteiger partial charge in [0.05, 0.1) is 25.3 Å². The summed E-state index contributed by atoms with van der Waals surface area (Å²) < 4.78 is 10.7. The van der Waals surface area contributed by atoms with E-state index in [0.29, 0.717) is 32.5 Å². The molecule has 7 nitrogen and oxygen atoms in total. The van der Waals surface area contributed by atoms with Gasteiger partial charge in [-0.1, -0.05) is 24.3 Å². The fourth-order valence-electron chi connectivity index (χ4n) is 4.86. The third-order valence-electron chi connectivity index (χ3n) is 6.78. The normalized spacial score (nSPS) is 17.5. The molecule has 7 heteroatoms. The van der Waals surface area contributed by atoms with Gasteiger partial charge >= 0.3 is 5.97 Å². The van der Waals surface area contributed by atoms with Crippen LogP contribution in [0, 0.1) is 5.92 Å². The van der Waals surface area contributed by atoms with E-state index in [2.05, 4.69) is 21.9 Å². The molecule has 0 saturated carbocycles.